The molecule has 0 bridgehead atoms. The number of furan rings is 3. The van der Waals surface area contributed by atoms with Crippen molar-refractivity contribution in [2.75, 3.05) is 0 Å². The first-order valence-electron chi connectivity index (χ1n) is 44.1. The van der Waals surface area contributed by atoms with Gasteiger partial charge in [0.05, 0.1) is 5.69 Å². The van der Waals surface area contributed by atoms with Gasteiger partial charge in [0.25, 0.3) is 0 Å². The molecule has 0 fully saturated rings. The Bertz CT molecular complexity index is 8760. The molecule has 0 spiro atoms. The molecule has 0 saturated carbocycles. The van der Waals surface area contributed by atoms with E-state index in [4.69, 9.17) is 63.1 Å². The number of aromatic nitrogens is 10. The highest BCUT2D eigenvalue weighted by Crippen LogP contribution is 2.47. The van der Waals surface area contributed by atoms with Crippen molar-refractivity contribution >= 4 is 183 Å². The molecule has 0 aliphatic heterocycles. The molecule has 28 aromatic rings. The van der Waals surface area contributed by atoms with E-state index in [1.165, 1.54) is 51.1 Å². The van der Waals surface area contributed by atoms with Crippen molar-refractivity contribution in [1.82, 2.24) is 49.8 Å². The second kappa shape index (κ2) is 31.8. The van der Waals surface area contributed by atoms with Crippen molar-refractivity contribution in [2.45, 2.75) is 0 Å². The first kappa shape index (κ1) is 76.7. The molecule has 133 heavy (non-hydrogen) atoms. The first-order valence-corrected chi connectivity index (χ1v) is 45.7. The minimum absolute atomic E-state index is 0.582. The molecular formula is C118H68N10O3S2. The van der Waals surface area contributed by atoms with Crippen molar-refractivity contribution in [1.29, 1.82) is 0 Å². The third-order valence-corrected chi connectivity index (χ3v) is 27.7. The van der Waals surface area contributed by atoms with Gasteiger partial charge in [0.1, 0.15) is 33.5 Å². The Morgan fingerprint density at radius 1 is 0.158 bits per heavy atom. The third kappa shape index (κ3) is 13.3. The van der Waals surface area contributed by atoms with Gasteiger partial charge in [0.15, 0.2) is 52.4 Å². The molecule has 0 aliphatic carbocycles. The highest BCUT2D eigenvalue weighted by molar-refractivity contribution is 7.27. The number of rotatable bonds is 10. The maximum Gasteiger partial charge on any atom is 0.165 e. The predicted molar refractivity (Wildman–Crippen MR) is 547 cm³/mol. The molecule has 9 heterocycles. The topological polar surface area (TPSA) is 168 Å². The first-order chi connectivity index (χ1) is 65.9. The van der Waals surface area contributed by atoms with E-state index in [1.807, 2.05) is 217 Å². The van der Waals surface area contributed by atoms with Crippen molar-refractivity contribution in [3.8, 4) is 114 Å². The van der Waals surface area contributed by atoms with Crippen LogP contribution >= 0.6 is 22.7 Å². The summed E-state index contributed by atoms with van der Waals surface area (Å²) in [6.45, 7) is 0. The number of para-hydroxylation sites is 3. The number of hydrogen-bond donors (Lipinski definition) is 0. The Morgan fingerprint density at radius 2 is 0.398 bits per heavy atom. The summed E-state index contributed by atoms with van der Waals surface area (Å²) in [5.41, 5.74) is 15.6. The minimum atomic E-state index is 0.582. The van der Waals surface area contributed by atoms with Crippen LogP contribution in [0.5, 0.6) is 0 Å². The van der Waals surface area contributed by atoms with Gasteiger partial charge in [-0.15, -0.1) is 22.7 Å². The average molecular weight is 1740 g/mol. The van der Waals surface area contributed by atoms with Crippen molar-refractivity contribution in [3.63, 3.8) is 0 Å². The Hall–Kier alpha value is -17.5. The maximum atomic E-state index is 6.39. The number of benzene rings is 19. The van der Waals surface area contributed by atoms with Gasteiger partial charge in [-0.2, -0.15) is 0 Å². The molecule has 28 rings (SSSR count). The van der Waals surface area contributed by atoms with Crippen molar-refractivity contribution < 1.29 is 13.3 Å². The normalized spacial score (nSPS) is 11.8. The molecule has 0 aliphatic rings. The van der Waals surface area contributed by atoms with E-state index >= 15 is 0 Å². The van der Waals surface area contributed by atoms with Gasteiger partial charge in [-0.3, -0.25) is 4.98 Å². The van der Waals surface area contributed by atoms with Gasteiger partial charge >= 0.3 is 0 Å². The molecule has 9 aromatic heterocycles. The average Bonchev–Trinajstić information content (AvgIpc) is 1.69. The summed E-state index contributed by atoms with van der Waals surface area (Å²) in [5.74, 6) is 5.68. The molecule has 13 nitrogen and oxygen atoms in total. The second-order valence-corrected chi connectivity index (χ2v) is 35.1. The molecule has 0 amide bonds. The predicted octanol–water partition coefficient (Wildman–Crippen LogP) is 31.9. The molecular weight excluding hydrogens is 1670 g/mol. The SMILES string of the molecule is c1ccc(-c2nc(-c3cccc4c3ccc3c5ccccc5oc43)nc(-c3cccc4c3ccc3c5ccccc5oc43)n2)cc1.c1ccc(-c2nc(-c3cccc4c3ccc3c5ccccc5sc43)nc(-c3cccc4c3ccc3c5ccccc5sc43)n2)cc1.c1ccc(-c2nc(-c3ccccc3)nc(-c3ccc(-c4cccc5c4ccc4c6ccccc6oc54)nc3)n2)cc1. The lowest BCUT2D eigenvalue weighted by molar-refractivity contribution is 0.672. The van der Waals surface area contributed by atoms with Crippen LogP contribution in [0.2, 0.25) is 0 Å². The molecule has 0 N–H and O–H groups in total. The second-order valence-electron chi connectivity index (χ2n) is 33.0. The Morgan fingerprint density at radius 3 is 0.744 bits per heavy atom. The van der Waals surface area contributed by atoms with E-state index in [0.29, 0.717) is 52.4 Å². The van der Waals surface area contributed by atoms with Crippen LogP contribution in [0.3, 0.4) is 0 Å². The summed E-state index contributed by atoms with van der Waals surface area (Å²) in [6.07, 6.45) is 1.84. The number of hydrogen-bond acceptors (Lipinski definition) is 15. The van der Waals surface area contributed by atoms with Crippen LogP contribution in [0.15, 0.2) is 426 Å². The number of fused-ring (bicyclic) bond motifs is 25. The standard InChI is InChI=1S/C41H23N3O2.C41H23N3S2.C36H22N4O/c2*1-2-10-24(11-3-1)39-42-40(33-16-8-14-29-25(33)20-22-31-27-12-4-6-18-35(27)45-37(29)31)44-41(43-39)34-17-9-15-30-26(34)21-23-32-28-13-5-7-19-36(28)46-38(30)32;1-3-10-23(11-4-1)34-38-35(24-12-5-2-6-13-24)40-36(39-34)25-18-21-31(37-22-25)27-15-9-16-29-26(27)19-20-30-28-14-7-8-17-32(28)41-33(29)30/h2*1-23H;1-22H. The highest BCUT2D eigenvalue weighted by Gasteiger charge is 2.25. The van der Waals surface area contributed by atoms with E-state index in [0.717, 1.165) is 170 Å². The molecule has 0 atom stereocenters. The van der Waals surface area contributed by atoms with Crippen LogP contribution in [0, 0.1) is 0 Å². The molecule has 0 radical (unpaired) electrons. The van der Waals surface area contributed by atoms with Crippen molar-refractivity contribution in [3.05, 3.63) is 413 Å². The Labute approximate surface area is 766 Å². The fourth-order valence-corrected chi connectivity index (χ4v) is 21.5. The molecule has 19 aromatic carbocycles. The van der Waals surface area contributed by atoms with Crippen LogP contribution in [0.1, 0.15) is 0 Å². The van der Waals surface area contributed by atoms with E-state index in [1.54, 1.807) is 0 Å². The highest BCUT2D eigenvalue weighted by atomic mass is 32.1. The van der Waals surface area contributed by atoms with E-state index in [2.05, 4.69) is 218 Å². The van der Waals surface area contributed by atoms with Crippen LogP contribution in [0.25, 0.3) is 274 Å². The summed E-state index contributed by atoms with van der Waals surface area (Å²) in [6, 6.07) is 140. The van der Waals surface area contributed by atoms with Gasteiger partial charge in [-0.05, 0) is 87.6 Å². The molecule has 620 valence electrons. The van der Waals surface area contributed by atoms with Crippen LogP contribution in [0.4, 0.5) is 0 Å². The lowest BCUT2D eigenvalue weighted by atomic mass is 9.99. The Kier molecular flexibility index (Phi) is 18.3. The number of pyridine rings is 1. The third-order valence-electron chi connectivity index (χ3n) is 25.3. The van der Waals surface area contributed by atoms with Crippen LogP contribution < -0.4 is 0 Å². The molecule has 0 saturated heterocycles. The quantitative estimate of drug-likeness (QED) is 0.127. The minimum Gasteiger partial charge on any atom is -0.455 e. The fraction of sp³-hybridized carbons (Fsp3) is 0. The van der Waals surface area contributed by atoms with Gasteiger partial charge in [0, 0.05) is 161 Å². The van der Waals surface area contributed by atoms with E-state index < -0.39 is 0 Å². The lowest BCUT2D eigenvalue weighted by Crippen LogP contribution is -2.01. The van der Waals surface area contributed by atoms with Gasteiger partial charge in [0.2, 0.25) is 0 Å². The maximum absolute atomic E-state index is 6.39. The molecule has 15 heteroatoms. The molecule has 0 unspecified atom stereocenters. The zero-order chi connectivity index (χ0) is 87.6. The zero-order valence-corrected chi connectivity index (χ0v) is 72.4. The van der Waals surface area contributed by atoms with Crippen LogP contribution in [-0.2, 0) is 0 Å². The Balaban J connectivity index is 0.000000105. The summed E-state index contributed by atoms with van der Waals surface area (Å²) in [5, 5.41) is 22.8. The zero-order valence-electron chi connectivity index (χ0n) is 70.8. The largest absolute Gasteiger partial charge is 0.455 e. The smallest absolute Gasteiger partial charge is 0.165 e. The van der Waals surface area contributed by atoms with E-state index in [-0.39, 0.29) is 0 Å². The lowest BCUT2D eigenvalue weighted by Gasteiger charge is -2.12. The number of nitrogens with zero attached hydrogens (tertiary/aromatic N) is 10. The monoisotopic (exact) mass is 1740 g/mol. The number of thiophene rings is 2. The summed E-state index contributed by atoms with van der Waals surface area (Å²) < 4.78 is 24.2. The van der Waals surface area contributed by atoms with E-state index in [9.17, 15) is 0 Å². The van der Waals surface area contributed by atoms with Gasteiger partial charge in [-0.1, -0.05) is 346 Å². The summed E-state index contributed by atoms with van der Waals surface area (Å²) in [4.78, 5) is 50.1. The van der Waals surface area contributed by atoms with Crippen LogP contribution in [-0.4, -0.2) is 49.8 Å². The van der Waals surface area contributed by atoms with Gasteiger partial charge in [-0.25, -0.2) is 44.9 Å². The summed E-state index contributed by atoms with van der Waals surface area (Å²) in [7, 11) is 0. The fourth-order valence-electron chi connectivity index (χ4n) is 19.0. The van der Waals surface area contributed by atoms with Crippen molar-refractivity contribution in [2.24, 2.45) is 0 Å². The summed E-state index contributed by atoms with van der Waals surface area (Å²) >= 11 is 3.69. The van der Waals surface area contributed by atoms with Gasteiger partial charge < -0.3 is 13.3 Å².